The zero-order chi connectivity index (χ0) is 19.3. The fraction of sp³-hybridized carbons (Fsp3) is 0.444. The van der Waals surface area contributed by atoms with Gasteiger partial charge in [0.05, 0.1) is 11.8 Å². The van der Waals surface area contributed by atoms with E-state index >= 15 is 0 Å². The lowest BCUT2D eigenvalue weighted by molar-refractivity contribution is -0.120. The lowest BCUT2D eigenvalue weighted by atomic mass is 9.90. The summed E-state index contributed by atoms with van der Waals surface area (Å²) in [5, 5.41) is 24.2. The van der Waals surface area contributed by atoms with E-state index in [0.717, 1.165) is 5.69 Å². The maximum atomic E-state index is 12.1. The highest BCUT2D eigenvalue weighted by atomic mass is 32.2. The summed E-state index contributed by atoms with van der Waals surface area (Å²) in [6.45, 7) is 9.68. The Kier molecular flexibility index (Phi) is 6.62. The average molecular weight is 390 g/mol. The topological polar surface area (TPSA) is 90.7 Å². The van der Waals surface area contributed by atoms with Gasteiger partial charge in [-0.15, -0.1) is 10.2 Å². The maximum absolute atomic E-state index is 12.1. The van der Waals surface area contributed by atoms with Crippen molar-refractivity contribution in [1.82, 2.24) is 15.5 Å². The molecule has 0 radical (unpaired) electrons. The highest BCUT2D eigenvalue weighted by Crippen LogP contribution is 2.28. The van der Waals surface area contributed by atoms with Crippen molar-refractivity contribution in [3.05, 3.63) is 29.3 Å². The molecule has 0 spiro atoms. The molecule has 2 rings (SSSR count). The monoisotopic (exact) mass is 389 g/mol. The van der Waals surface area contributed by atoms with E-state index in [1.165, 1.54) is 34.2 Å². The Hall–Kier alpha value is -2.11. The number of carbonyl (C=O) groups is 1. The summed E-state index contributed by atoms with van der Waals surface area (Å²) in [6.07, 6.45) is 0. The van der Waals surface area contributed by atoms with E-state index in [2.05, 4.69) is 52.9 Å². The fourth-order valence-electron chi connectivity index (χ4n) is 2.02. The van der Waals surface area contributed by atoms with Gasteiger partial charge in [0.25, 0.3) is 0 Å². The van der Waals surface area contributed by atoms with Gasteiger partial charge < -0.3 is 10.6 Å². The Balaban J connectivity index is 1.91. The Labute approximate surface area is 162 Å². The number of nitrogens with one attached hydrogen (secondary N) is 2. The zero-order valence-corrected chi connectivity index (χ0v) is 17.2. The summed E-state index contributed by atoms with van der Waals surface area (Å²) in [7, 11) is 0. The number of nitrogens with zero attached hydrogens (tertiary/aromatic N) is 3. The second-order valence-electron chi connectivity index (χ2n) is 6.60. The molecular formula is C18H23N5OS2. The van der Waals surface area contributed by atoms with Crippen molar-refractivity contribution in [1.29, 1.82) is 5.26 Å². The fourth-order valence-corrected chi connectivity index (χ4v) is 3.59. The minimum atomic E-state index is -0.866. The van der Waals surface area contributed by atoms with E-state index in [1.54, 1.807) is 6.92 Å². The van der Waals surface area contributed by atoms with Crippen LogP contribution in [-0.4, -0.2) is 27.4 Å². The molecule has 0 aliphatic rings. The van der Waals surface area contributed by atoms with Crippen LogP contribution in [0.1, 0.15) is 31.9 Å². The second kappa shape index (κ2) is 8.52. The number of rotatable bonds is 7. The smallest absolute Gasteiger partial charge is 0.231 e. The standard InChI is InChI=1S/C18H23N5OS2/c1-11(2)18(5,10-19)21-15(24)9-25-17-23-22-16(26-17)20-14-7-6-12(3)13(4)8-14/h6-8,11H,9H2,1-5H3,(H,20,22)(H,21,24). The summed E-state index contributed by atoms with van der Waals surface area (Å²) in [6, 6.07) is 8.29. The number of thioether (sulfide) groups is 1. The van der Waals surface area contributed by atoms with Gasteiger partial charge in [-0.1, -0.05) is 43.0 Å². The summed E-state index contributed by atoms with van der Waals surface area (Å²) in [5.41, 5.74) is 2.53. The molecule has 2 aromatic rings. The van der Waals surface area contributed by atoms with Crippen LogP contribution in [0.2, 0.25) is 0 Å². The summed E-state index contributed by atoms with van der Waals surface area (Å²) >= 11 is 2.71. The number of hydrogen-bond donors (Lipinski definition) is 2. The van der Waals surface area contributed by atoms with Gasteiger partial charge in [-0.3, -0.25) is 4.79 Å². The number of anilines is 2. The average Bonchev–Trinajstić information content (AvgIpc) is 3.03. The van der Waals surface area contributed by atoms with Crippen molar-refractivity contribution in [3.63, 3.8) is 0 Å². The quantitative estimate of drug-likeness (QED) is 0.694. The Morgan fingerprint density at radius 3 is 2.69 bits per heavy atom. The molecule has 0 saturated carbocycles. The van der Waals surface area contributed by atoms with E-state index in [9.17, 15) is 10.1 Å². The highest BCUT2D eigenvalue weighted by molar-refractivity contribution is 8.01. The van der Waals surface area contributed by atoms with Crippen molar-refractivity contribution in [2.45, 2.75) is 44.5 Å². The van der Waals surface area contributed by atoms with Crippen molar-refractivity contribution >= 4 is 39.8 Å². The number of benzene rings is 1. The van der Waals surface area contributed by atoms with Gasteiger partial charge in [-0.25, -0.2) is 0 Å². The molecule has 1 atom stereocenters. The van der Waals surface area contributed by atoms with Gasteiger partial charge in [-0.05, 0) is 49.9 Å². The van der Waals surface area contributed by atoms with Crippen LogP contribution in [0.4, 0.5) is 10.8 Å². The number of aromatic nitrogens is 2. The molecule has 0 saturated heterocycles. The van der Waals surface area contributed by atoms with Gasteiger partial charge in [0.1, 0.15) is 5.54 Å². The van der Waals surface area contributed by atoms with Crippen LogP contribution in [0.25, 0.3) is 0 Å². The van der Waals surface area contributed by atoms with E-state index in [1.807, 2.05) is 19.9 Å². The van der Waals surface area contributed by atoms with Crippen LogP contribution < -0.4 is 10.6 Å². The molecule has 2 N–H and O–H groups in total. The molecule has 0 aliphatic carbocycles. The molecule has 138 valence electrons. The lowest BCUT2D eigenvalue weighted by Gasteiger charge is -2.27. The molecule has 8 heteroatoms. The second-order valence-corrected chi connectivity index (χ2v) is 8.80. The van der Waals surface area contributed by atoms with Gasteiger partial charge in [0.2, 0.25) is 11.0 Å². The van der Waals surface area contributed by atoms with Crippen molar-refractivity contribution in [2.75, 3.05) is 11.1 Å². The molecule has 1 heterocycles. The molecule has 1 amide bonds. The Morgan fingerprint density at radius 2 is 2.08 bits per heavy atom. The molecule has 1 unspecified atom stereocenters. The van der Waals surface area contributed by atoms with Crippen LogP contribution in [0.15, 0.2) is 22.5 Å². The summed E-state index contributed by atoms with van der Waals surface area (Å²) in [5.74, 6) is 0.0331. The van der Waals surface area contributed by atoms with E-state index in [0.29, 0.717) is 9.47 Å². The van der Waals surface area contributed by atoms with Crippen LogP contribution in [0, 0.1) is 31.1 Å². The normalized spacial score (nSPS) is 13.1. The minimum absolute atomic E-state index is 0.0248. The van der Waals surface area contributed by atoms with E-state index < -0.39 is 5.54 Å². The summed E-state index contributed by atoms with van der Waals surface area (Å²) < 4.78 is 0.703. The maximum Gasteiger partial charge on any atom is 0.231 e. The Bertz CT molecular complexity index is 827. The molecule has 0 bridgehead atoms. The molecule has 1 aromatic heterocycles. The van der Waals surface area contributed by atoms with E-state index in [-0.39, 0.29) is 17.6 Å². The van der Waals surface area contributed by atoms with Gasteiger partial charge >= 0.3 is 0 Å². The number of carbonyl (C=O) groups excluding carboxylic acids is 1. The van der Waals surface area contributed by atoms with Crippen molar-refractivity contribution < 1.29 is 4.79 Å². The number of aryl methyl sites for hydroxylation is 2. The predicted octanol–water partition coefficient (Wildman–Crippen LogP) is 4.05. The molecule has 26 heavy (non-hydrogen) atoms. The third-order valence-electron chi connectivity index (χ3n) is 4.28. The first kappa shape index (κ1) is 20.2. The first-order valence-electron chi connectivity index (χ1n) is 8.26. The summed E-state index contributed by atoms with van der Waals surface area (Å²) in [4.78, 5) is 12.1. The SMILES string of the molecule is Cc1ccc(Nc2nnc(SCC(=O)NC(C)(C#N)C(C)C)s2)cc1C. The first-order valence-corrected chi connectivity index (χ1v) is 10.1. The molecule has 1 aromatic carbocycles. The predicted molar refractivity (Wildman–Crippen MR) is 107 cm³/mol. The van der Waals surface area contributed by atoms with E-state index in [4.69, 9.17) is 0 Å². The molecular weight excluding hydrogens is 366 g/mol. The number of hydrogen-bond acceptors (Lipinski definition) is 7. The largest absolute Gasteiger partial charge is 0.337 e. The molecule has 6 nitrogen and oxygen atoms in total. The zero-order valence-electron chi connectivity index (χ0n) is 15.6. The van der Waals surface area contributed by atoms with Crippen LogP contribution in [0.3, 0.4) is 0 Å². The van der Waals surface area contributed by atoms with Crippen LogP contribution >= 0.6 is 23.1 Å². The van der Waals surface area contributed by atoms with Gasteiger partial charge in [0.15, 0.2) is 4.34 Å². The minimum Gasteiger partial charge on any atom is -0.337 e. The van der Waals surface area contributed by atoms with Crippen LogP contribution in [-0.2, 0) is 4.79 Å². The van der Waals surface area contributed by atoms with Crippen LogP contribution in [0.5, 0.6) is 0 Å². The van der Waals surface area contributed by atoms with Gasteiger partial charge in [-0.2, -0.15) is 5.26 Å². The first-order chi connectivity index (χ1) is 12.2. The lowest BCUT2D eigenvalue weighted by Crippen LogP contribution is -2.49. The third kappa shape index (κ3) is 5.19. The highest BCUT2D eigenvalue weighted by Gasteiger charge is 2.29. The third-order valence-corrected chi connectivity index (χ3v) is 6.25. The number of nitriles is 1. The molecule has 0 aliphatic heterocycles. The van der Waals surface area contributed by atoms with Crippen molar-refractivity contribution in [3.8, 4) is 6.07 Å². The van der Waals surface area contributed by atoms with Crippen molar-refractivity contribution in [2.24, 2.45) is 5.92 Å². The van der Waals surface area contributed by atoms with Gasteiger partial charge in [0, 0.05) is 5.69 Å². The number of amides is 1. The Morgan fingerprint density at radius 1 is 1.35 bits per heavy atom. The molecule has 0 fully saturated rings.